The van der Waals surface area contributed by atoms with Crippen molar-refractivity contribution in [2.24, 2.45) is 5.92 Å². The van der Waals surface area contributed by atoms with Gasteiger partial charge in [-0.15, -0.1) is 0 Å². The number of amides is 1. The van der Waals surface area contributed by atoms with E-state index in [9.17, 15) is 9.59 Å². The Morgan fingerprint density at radius 3 is 2.36 bits per heavy atom. The van der Waals surface area contributed by atoms with Gasteiger partial charge in [-0.2, -0.15) is 0 Å². The Kier molecular flexibility index (Phi) is 2.57. The molecule has 0 radical (unpaired) electrons. The van der Waals surface area contributed by atoms with Crippen molar-refractivity contribution in [3.63, 3.8) is 0 Å². The minimum atomic E-state index is -0.491. The van der Waals surface area contributed by atoms with E-state index in [0.717, 1.165) is 25.7 Å². The highest BCUT2D eigenvalue weighted by Gasteiger charge is 2.52. The topological polar surface area (TPSA) is 46.2 Å². The van der Waals surface area contributed by atoms with Crippen LogP contribution in [0.3, 0.4) is 0 Å². The number of ketones is 1. The van der Waals surface area contributed by atoms with Crippen molar-refractivity contribution >= 4 is 34.3 Å². The monoisotopic (exact) mass is 307 g/mol. The molecule has 2 rings (SSSR count). The molecule has 0 aromatic rings. The third kappa shape index (κ3) is 1.47. The van der Waals surface area contributed by atoms with E-state index in [1.165, 1.54) is 0 Å². The van der Waals surface area contributed by atoms with Crippen LogP contribution in [0.2, 0.25) is 0 Å². The highest BCUT2D eigenvalue weighted by Crippen LogP contribution is 2.37. The number of alkyl halides is 1. The summed E-state index contributed by atoms with van der Waals surface area (Å²) in [5.74, 6) is 0.707. The molecule has 3 nitrogen and oxygen atoms in total. The van der Waals surface area contributed by atoms with Gasteiger partial charge < -0.3 is 5.32 Å². The van der Waals surface area contributed by atoms with Crippen molar-refractivity contribution in [1.82, 2.24) is 5.32 Å². The molecule has 1 N–H and O–H groups in total. The highest BCUT2D eigenvalue weighted by atomic mass is 127. The van der Waals surface area contributed by atoms with Crippen LogP contribution < -0.4 is 5.32 Å². The average Bonchev–Trinajstić information content (AvgIpc) is 2.37. The lowest BCUT2D eigenvalue weighted by Crippen LogP contribution is -2.49. The van der Waals surface area contributed by atoms with Gasteiger partial charge in [0.15, 0.2) is 9.71 Å². The van der Waals surface area contributed by atoms with Crippen molar-refractivity contribution in [2.75, 3.05) is 0 Å². The molecule has 0 aromatic heterocycles. The van der Waals surface area contributed by atoms with Crippen LogP contribution in [-0.4, -0.2) is 21.2 Å². The number of carbonyl (C=O) groups is 2. The molecular formula is C10H14INO2. The lowest BCUT2D eigenvalue weighted by atomic mass is 9.76. The fourth-order valence-electron chi connectivity index (χ4n) is 2.35. The summed E-state index contributed by atoms with van der Waals surface area (Å²) in [6.07, 6.45) is 3.77. The van der Waals surface area contributed by atoms with E-state index in [0.29, 0.717) is 5.92 Å². The molecule has 0 aromatic carbocycles. The Balaban J connectivity index is 2.18. The molecule has 2 aliphatic rings. The molecule has 78 valence electrons. The van der Waals surface area contributed by atoms with E-state index >= 15 is 0 Å². The molecule has 1 spiro atoms. The fraction of sp³-hybridized carbons (Fsp3) is 0.800. The normalized spacial score (nSPS) is 43.0. The van der Waals surface area contributed by atoms with E-state index in [1.807, 2.05) is 22.6 Å². The lowest BCUT2D eigenvalue weighted by molar-refractivity contribution is -0.123. The smallest absolute Gasteiger partial charge is 0.241 e. The van der Waals surface area contributed by atoms with Gasteiger partial charge in [-0.05, 0) is 31.6 Å². The molecule has 1 heterocycles. The third-order valence-electron chi connectivity index (χ3n) is 3.42. The third-order valence-corrected chi connectivity index (χ3v) is 4.55. The summed E-state index contributed by atoms with van der Waals surface area (Å²) in [4.78, 5) is 23.3. The molecule has 0 bridgehead atoms. The zero-order valence-electron chi connectivity index (χ0n) is 8.18. The predicted octanol–water partition coefficient (Wildman–Crippen LogP) is 1.44. The zero-order valence-corrected chi connectivity index (χ0v) is 10.3. The van der Waals surface area contributed by atoms with Crippen molar-refractivity contribution < 1.29 is 9.59 Å². The maximum absolute atomic E-state index is 11.9. The molecule has 1 saturated carbocycles. The van der Waals surface area contributed by atoms with Gasteiger partial charge in [0.1, 0.15) is 5.54 Å². The van der Waals surface area contributed by atoms with Crippen molar-refractivity contribution in [2.45, 2.75) is 42.1 Å². The van der Waals surface area contributed by atoms with Crippen LogP contribution >= 0.6 is 22.6 Å². The number of Topliss-reactive ketones (excluding diaryl/α,β-unsaturated/α-hetero) is 1. The average molecular weight is 307 g/mol. The number of carbonyl (C=O) groups excluding carboxylic acids is 2. The molecule has 1 aliphatic heterocycles. The lowest BCUT2D eigenvalue weighted by Gasteiger charge is -2.34. The summed E-state index contributed by atoms with van der Waals surface area (Å²) in [6.45, 7) is 2.20. The Hall–Kier alpha value is -0.130. The van der Waals surface area contributed by atoms with E-state index < -0.39 is 9.46 Å². The summed E-state index contributed by atoms with van der Waals surface area (Å²) >= 11 is 1.94. The quantitative estimate of drug-likeness (QED) is 0.418. The highest BCUT2D eigenvalue weighted by molar-refractivity contribution is 14.1. The van der Waals surface area contributed by atoms with Crippen LogP contribution in [0.1, 0.15) is 32.6 Å². The second kappa shape index (κ2) is 3.47. The van der Waals surface area contributed by atoms with Crippen LogP contribution in [0.4, 0.5) is 0 Å². The number of nitrogens with one attached hydrogen (secondary N) is 1. The first kappa shape index (κ1) is 10.4. The minimum Gasteiger partial charge on any atom is -0.342 e. The van der Waals surface area contributed by atoms with Gasteiger partial charge in [0.05, 0.1) is 0 Å². The summed E-state index contributed by atoms with van der Waals surface area (Å²) in [7, 11) is 0. The largest absolute Gasteiger partial charge is 0.342 e. The van der Waals surface area contributed by atoms with Gasteiger partial charge in [-0.1, -0.05) is 29.5 Å². The molecule has 2 fully saturated rings. The Morgan fingerprint density at radius 1 is 1.36 bits per heavy atom. The van der Waals surface area contributed by atoms with E-state index in [4.69, 9.17) is 0 Å². The fourth-order valence-corrected chi connectivity index (χ4v) is 3.10. The Labute approximate surface area is 97.1 Å². The minimum absolute atomic E-state index is 0.0925. The molecule has 4 heteroatoms. The second-order valence-corrected chi connectivity index (χ2v) is 5.73. The Morgan fingerprint density at radius 2 is 1.93 bits per heavy atom. The second-order valence-electron chi connectivity index (χ2n) is 4.48. The van der Waals surface area contributed by atoms with Gasteiger partial charge in [-0.25, -0.2) is 0 Å². The molecule has 14 heavy (non-hydrogen) atoms. The van der Waals surface area contributed by atoms with E-state index in [2.05, 4.69) is 12.2 Å². The van der Waals surface area contributed by atoms with Gasteiger partial charge in [0.25, 0.3) is 0 Å². The van der Waals surface area contributed by atoms with Gasteiger partial charge >= 0.3 is 0 Å². The first-order valence-corrected chi connectivity index (χ1v) is 6.30. The zero-order chi connectivity index (χ0) is 10.3. The number of hydrogen-bond donors (Lipinski definition) is 1. The standard InChI is InChI=1S/C10H14INO2/c1-6-2-4-10(5-3-6)8(13)7(11)9(14)12-10/h6-7H,2-5H2,1H3,(H,12,14). The molecular weight excluding hydrogens is 293 g/mol. The van der Waals surface area contributed by atoms with Crippen molar-refractivity contribution in [3.05, 3.63) is 0 Å². The summed E-state index contributed by atoms with van der Waals surface area (Å²) in [5, 5.41) is 2.89. The van der Waals surface area contributed by atoms with E-state index in [-0.39, 0.29) is 11.7 Å². The summed E-state index contributed by atoms with van der Waals surface area (Å²) in [5.41, 5.74) is -0.491. The maximum Gasteiger partial charge on any atom is 0.241 e. The first-order valence-electron chi connectivity index (χ1n) is 5.05. The number of rotatable bonds is 0. The predicted molar refractivity (Wildman–Crippen MR) is 61.3 cm³/mol. The number of hydrogen-bond acceptors (Lipinski definition) is 2. The molecule has 1 amide bonds. The first-order chi connectivity index (χ1) is 6.55. The summed E-state index contributed by atoms with van der Waals surface area (Å²) < 4.78 is -0.457. The number of halogens is 1. The van der Waals surface area contributed by atoms with Gasteiger partial charge in [-0.3, -0.25) is 9.59 Å². The van der Waals surface area contributed by atoms with Crippen molar-refractivity contribution in [1.29, 1.82) is 0 Å². The molecule has 1 saturated heterocycles. The van der Waals surface area contributed by atoms with Crippen LogP contribution in [-0.2, 0) is 9.59 Å². The van der Waals surface area contributed by atoms with Crippen molar-refractivity contribution in [3.8, 4) is 0 Å². The van der Waals surface area contributed by atoms with Crippen LogP contribution in [0.5, 0.6) is 0 Å². The van der Waals surface area contributed by atoms with Gasteiger partial charge in [0.2, 0.25) is 5.91 Å². The molecule has 1 unspecified atom stereocenters. The van der Waals surface area contributed by atoms with Crippen LogP contribution in [0.25, 0.3) is 0 Å². The van der Waals surface area contributed by atoms with Crippen LogP contribution in [0, 0.1) is 5.92 Å². The maximum atomic E-state index is 11.9. The summed E-state index contributed by atoms with van der Waals surface area (Å²) in [6, 6.07) is 0. The van der Waals surface area contributed by atoms with Crippen LogP contribution in [0.15, 0.2) is 0 Å². The van der Waals surface area contributed by atoms with E-state index in [1.54, 1.807) is 0 Å². The Bertz CT molecular complexity index is 282. The SMILES string of the molecule is CC1CCC2(CC1)NC(=O)C(I)C2=O. The molecule has 1 aliphatic carbocycles. The molecule has 1 atom stereocenters. The van der Waals surface area contributed by atoms with Gasteiger partial charge in [0, 0.05) is 0 Å².